The molecule has 0 fully saturated rings. The van der Waals surface area contributed by atoms with Crippen LogP contribution in [0.25, 0.3) is 0 Å². The zero-order chi connectivity index (χ0) is 22.4. The third kappa shape index (κ3) is 6.27. The van der Waals surface area contributed by atoms with Crippen molar-refractivity contribution in [3.05, 3.63) is 93.7 Å². The Morgan fingerprint density at radius 1 is 1.10 bits per heavy atom. The number of aryl methyl sites for hydroxylation is 1. The van der Waals surface area contributed by atoms with Gasteiger partial charge in [0.15, 0.2) is 0 Å². The summed E-state index contributed by atoms with van der Waals surface area (Å²) in [6.45, 7) is 1.67. The molecule has 0 saturated carbocycles. The quantitative estimate of drug-likeness (QED) is 0.526. The van der Waals surface area contributed by atoms with Crippen molar-refractivity contribution >= 4 is 39.1 Å². The lowest BCUT2D eigenvalue weighted by Gasteiger charge is -2.22. The molecule has 3 aromatic rings. The molecule has 0 radical (unpaired) electrons. The van der Waals surface area contributed by atoms with Crippen LogP contribution in [0.1, 0.15) is 16.7 Å². The molecule has 6 nitrogen and oxygen atoms in total. The topological polar surface area (TPSA) is 79.4 Å². The molecule has 0 aliphatic rings. The van der Waals surface area contributed by atoms with E-state index in [9.17, 15) is 13.2 Å². The molecule has 9 heteroatoms. The first-order valence-corrected chi connectivity index (χ1v) is 11.6. The highest BCUT2D eigenvalue weighted by Crippen LogP contribution is 2.25. The highest BCUT2D eigenvalue weighted by Gasteiger charge is 2.27. The third-order valence-corrected chi connectivity index (χ3v) is 6.95. The van der Waals surface area contributed by atoms with Crippen molar-refractivity contribution in [2.45, 2.75) is 24.9 Å². The molecule has 1 aromatic heterocycles. The number of rotatable bonds is 8. The molecule has 1 amide bonds. The van der Waals surface area contributed by atoms with Gasteiger partial charge >= 0.3 is 0 Å². The molecule has 3 rings (SSSR count). The number of carbonyl (C=O) groups excluding carboxylic acids is 1. The van der Waals surface area contributed by atoms with Crippen molar-refractivity contribution in [3.8, 4) is 0 Å². The van der Waals surface area contributed by atoms with Crippen LogP contribution in [0.2, 0.25) is 10.0 Å². The molecule has 0 spiro atoms. The van der Waals surface area contributed by atoms with Gasteiger partial charge in [0.25, 0.3) is 0 Å². The van der Waals surface area contributed by atoms with Crippen LogP contribution in [0.3, 0.4) is 0 Å². The molecular formula is C22H21Cl2N3O3S. The van der Waals surface area contributed by atoms with Crippen molar-refractivity contribution in [2.75, 3.05) is 6.54 Å². The van der Waals surface area contributed by atoms with Crippen LogP contribution in [-0.2, 0) is 27.9 Å². The minimum Gasteiger partial charge on any atom is -0.351 e. The molecular weight excluding hydrogens is 457 g/mol. The van der Waals surface area contributed by atoms with E-state index in [0.717, 1.165) is 15.4 Å². The first-order valence-electron chi connectivity index (χ1n) is 9.42. The number of hydrogen-bond donors (Lipinski definition) is 1. The van der Waals surface area contributed by atoms with Crippen LogP contribution in [0.5, 0.6) is 0 Å². The van der Waals surface area contributed by atoms with Crippen LogP contribution in [0.15, 0.2) is 71.9 Å². The van der Waals surface area contributed by atoms with Gasteiger partial charge in [-0.05, 0) is 48.4 Å². The van der Waals surface area contributed by atoms with Gasteiger partial charge in [-0.1, -0.05) is 53.0 Å². The minimum absolute atomic E-state index is 0.0769. The Bertz CT molecular complexity index is 1150. The number of hydrogen-bond acceptors (Lipinski definition) is 4. The SMILES string of the molecule is Cc1ccc(S(=O)(=O)N(CC(=O)NCc2cccnc2)Cc2ccc(Cl)cc2Cl)cc1. The minimum atomic E-state index is -3.95. The number of benzene rings is 2. The van der Waals surface area contributed by atoms with Gasteiger partial charge in [-0.25, -0.2) is 8.42 Å². The maximum Gasteiger partial charge on any atom is 0.243 e. The Labute approximate surface area is 191 Å². The molecule has 0 aliphatic carbocycles. The van der Waals surface area contributed by atoms with E-state index in [1.54, 1.807) is 42.7 Å². The second kappa shape index (κ2) is 10.2. The molecule has 0 aliphatic heterocycles. The Morgan fingerprint density at radius 3 is 2.48 bits per heavy atom. The van der Waals surface area contributed by atoms with E-state index in [1.165, 1.54) is 18.2 Å². The number of halogens is 2. The summed E-state index contributed by atoms with van der Waals surface area (Å²) < 4.78 is 27.7. The van der Waals surface area contributed by atoms with Gasteiger partial charge in [-0.3, -0.25) is 9.78 Å². The van der Waals surface area contributed by atoms with Crippen LogP contribution in [0.4, 0.5) is 0 Å². The zero-order valence-electron chi connectivity index (χ0n) is 16.8. The largest absolute Gasteiger partial charge is 0.351 e. The van der Waals surface area contributed by atoms with Crippen molar-refractivity contribution in [2.24, 2.45) is 0 Å². The number of carbonyl (C=O) groups is 1. The van der Waals surface area contributed by atoms with Crippen LogP contribution in [0, 0.1) is 6.92 Å². The Balaban J connectivity index is 1.84. The molecule has 0 atom stereocenters. The summed E-state index contributed by atoms with van der Waals surface area (Å²) in [6.07, 6.45) is 3.27. The summed E-state index contributed by atoms with van der Waals surface area (Å²) in [6, 6.07) is 14.9. The van der Waals surface area contributed by atoms with Gasteiger partial charge in [0.2, 0.25) is 15.9 Å². The fourth-order valence-electron chi connectivity index (χ4n) is 2.84. The normalized spacial score (nSPS) is 11.5. The van der Waals surface area contributed by atoms with E-state index in [0.29, 0.717) is 15.6 Å². The van der Waals surface area contributed by atoms with Gasteiger partial charge in [0.1, 0.15) is 0 Å². The van der Waals surface area contributed by atoms with Crippen molar-refractivity contribution in [1.82, 2.24) is 14.6 Å². The van der Waals surface area contributed by atoms with Gasteiger partial charge in [0.05, 0.1) is 11.4 Å². The highest BCUT2D eigenvalue weighted by molar-refractivity contribution is 7.89. The monoisotopic (exact) mass is 477 g/mol. The van der Waals surface area contributed by atoms with Gasteiger partial charge < -0.3 is 5.32 Å². The molecule has 0 unspecified atom stereocenters. The summed E-state index contributed by atoms with van der Waals surface area (Å²) in [4.78, 5) is 16.7. The summed E-state index contributed by atoms with van der Waals surface area (Å²) in [5.41, 5.74) is 2.28. The fraction of sp³-hybridized carbons (Fsp3) is 0.182. The van der Waals surface area contributed by atoms with Gasteiger partial charge in [0, 0.05) is 35.5 Å². The molecule has 0 saturated heterocycles. The first-order chi connectivity index (χ1) is 14.8. The Morgan fingerprint density at radius 2 is 1.84 bits per heavy atom. The van der Waals surface area contributed by atoms with Crippen LogP contribution in [-0.4, -0.2) is 30.2 Å². The maximum absolute atomic E-state index is 13.3. The standard InChI is InChI=1S/C22H21Cl2N3O3S/c1-16-4-8-20(9-5-16)31(29,30)27(14-18-6-7-19(23)11-21(18)24)15-22(28)26-13-17-3-2-10-25-12-17/h2-12H,13-15H2,1H3,(H,26,28). The van der Waals surface area contributed by atoms with Crippen molar-refractivity contribution < 1.29 is 13.2 Å². The molecule has 1 heterocycles. The lowest BCUT2D eigenvalue weighted by atomic mass is 10.2. The lowest BCUT2D eigenvalue weighted by molar-refractivity contribution is -0.121. The van der Waals surface area contributed by atoms with E-state index >= 15 is 0 Å². The maximum atomic E-state index is 13.3. The number of aromatic nitrogens is 1. The predicted octanol–water partition coefficient (Wildman–Crippen LogP) is 4.20. The highest BCUT2D eigenvalue weighted by atomic mass is 35.5. The zero-order valence-corrected chi connectivity index (χ0v) is 19.1. The van der Waals surface area contributed by atoms with Crippen molar-refractivity contribution in [3.63, 3.8) is 0 Å². The van der Waals surface area contributed by atoms with Gasteiger partial charge in [-0.15, -0.1) is 0 Å². The predicted molar refractivity (Wildman–Crippen MR) is 121 cm³/mol. The van der Waals surface area contributed by atoms with E-state index in [2.05, 4.69) is 10.3 Å². The summed E-state index contributed by atoms with van der Waals surface area (Å²) in [5.74, 6) is -0.440. The number of nitrogens with one attached hydrogen (secondary N) is 1. The average Bonchev–Trinajstić information content (AvgIpc) is 2.74. The van der Waals surface area contributed by atoms with E-state index in [4.69, 9.17) is 23.2 Å². The first kappa shape index (κ1) is 23.2. The van der Waals surface area contributed by atoms with Gasteiger partial charge in [-0.2, -0.15) is 4.31 Å². The number of nitrogens with zero attached hydrogens (tertiary/aromatic N) is 2. The molecule has 162 valence electrons. The average molecular weight is 478 g/mol. The molecule has 1 N–H and O–H groups in total. The Kier molecular flexibility index (Phi) is 7.67. The summed E-state index contributed by atoms with van der Waals surface area (Å²) >= 11 is 12.2. The van der Waals surface area contributed by atoms with Crippen LogP contribution >= 0.6 is 23.2 Å². The second-order valence-corrected chi connectivity index (χ2v) is 9.74. The number of sulfonamides is 1. The molecule has 2 aromatic carbocycles. The van der Waals surface area contributed by atoms with E-state index in [-0.39, 0.29) is 24.5 Å². The third-order valence-electron chi connectivity index (χ3n) is 4.55. The van der Waals surface area contributed by atoms with E-state index in [1.807, 2.05) is 13.0 Å². The lowest BCUT2D eigenvalue weighted by Crippen LogP contribution is -2.40. The Hall–Kier alpha value is -2.45. The number of amides is 1. The number of pyridine rings is 1. The van der Waals surface area contributed by atoms with Crippen LogP contribution < -0.4 is 5.32 Å². The second-order valence-electron chi connectivity index (χ2n) is 6.96. The summed E-state index contributed by atoms with van der Waals surface area (Å²) in [7, 11) is -3.95. The molecule has 31 heavy (non-hydrogen) atoms. The van der Waals surface area contributed by atoms with E-state index < -0.39 is 15.9 Å². The summed E-state index contributed by atoms with van der Waals surface area (Å²) in [5, 5.41) is 3.50. The smallest absolute Gasteiger partial charge is 0.243 e. The fourth-order valence-corrected chi connectivity index (χ4v) is 4.69. The molecule has 0 bridgehead atoms. The van der Waals surface area contributed by atoms with Crippen molar-refractivity contribution in [1.29, 1.82) is 0 Å².